The standard InChI is InChI=1S/C13H18N2S/c1-9(2)8-10(3)14-13-15-11-6-4-5-7-12(11)16-13/h4-7,9-10H,8H2,1-3H3,(H,14,15). The Morgan fingerprint density at radius 2 is 2.00 bits per heavy atom. The number of hydrogen-bond donors (Lipinski definition) is 1. The number of rotatable bonds is 4. The van der Waals surface area contributed by atoms with Crippen molar-refractivity contribution >= 4 is 26.7 Å². The van der Waals surface area contributed by atoms with Gasteiger partial charge in [0.15, 0.2) is 5.13 Å². The predicted molar refractivity (Wildman–Crippen MR) is 72.2 cm³/mol. The Hall–Kier alpha value is -1.09. The van der Waals surface area contributed by atoms with Crippen molar-refractivity contribution < 1.29 is 0 Å². The van der Waals surface area contributed by atoms with Crippen molar-refractivity contribution in [1.82, 2.24) is 4.98 Å². The smallest absolute Gasteiger partial charge is 0.183 e. The number of hydrogen-bond acceptors (Lipinski definition) is 3. The molecule has 0 fully saturated rings. The zero-order valence-electron chi connectivity index (χ0n) is 10.0. The van der Waals surface area contributed by atoms with Gasteiger partial charge in [-0.3, -0.25) is 0 Å². The molecule has 1 unspecified atom stereocenters. The highest BCUT2D eigenvalue weighted by atomic mass is 32.1. The summed E-state index contributed by atoms with van der Waals surface area (Å²) in [5.74, 6) is 0.719. The highest BCUT2D eigenvalue weighted by Gasteiger charge is 2.08. The third-order valence-corrected chi connectivity index (χ3v) is 3.46. The lowest BCUT2D eigenvalue weighted by atomic mass is 10.1. The molecule has 0 bridgehead atoms. The van der Waals surface area contributed by atoms with E-state index in [0.29, 0.717) is 6.04 Å². The molecule has 0 saturated heterocycles. The van der Waals surface area contributed by atoms with Gasteiger partial charge in [-0.1, -0.05) is 37.3 Å². The molecule has 0 aliphatic heterocycles. The maximum absolute atomic E-state index is 4.57. The first-order chi connectivity index (χ1) is 7.65. The minimum absolute atomic E-state index is 0.487. The summed E-state index contributed by atoms with van der Waals surface area (Å²) in [4.78, 5) is 4.57. The van der Waals surface area contributed by atoms with Crippen molar-refractivity contribution in [3.05, 3.63) is 24.3 Å². The van der Waals surface area contributed by atoms with Crippen LogP contribution in [0.3, 0.4) is 0 Å². The number of nitrogens with one attached hydrogen (secondary N) is 1. The summed E-state index contributed by atoms with van der Waals surface area (Å²) in [7, 11) is 0. The second kappa shape index (κ2) is 4.83. The Balaban J connectivity index is 2.09. The third kappa shape index (κ3) is 2.73. The third-order valence-electron chi connectivity index (χ3n) is 2.49. The summed E-state index contributed by atoms with van der Waals surface area (Å²) in [6.45, 7) is 6.71. The Morgan fingerprint density at radius 1 is 1.25 bits per heavy atom. The molecule has 2 rings (SSSR count). The van der Waals surface area contributed by atoms with E-state index in [-0.39, 0.29) is 0 Å². The number of benzene rings is 1. The van der Waals surface area contributed by atoms with Crippen molar-refractivity contribution in [2.75, 3.05) is 5.32 Å². The Bertz CT molecular complexity index is 429. The van der Waals surface area contributed by atoms with Gasteiger partial charge in [0, 0.05) is 6.04 Å². The maximum Gasteiger partial charge on any atom is 0.183 e. The van der Waals surface area contributed by atoms with Gasteiger partial charge < -0.3 is 5.32 Å². The summed E-state index contributed by atoms with van der Waals surface area (Å²) in [5, 5.41) is 4.51. The minimum atomic E-state index is 0.487. The topological polar surface area (TPSA) is 24.9 Å². The van der Waals surface area contributed by atoms with Crippen LogP contribution in [0.4, 0.5) is 5.13 Å². The van der Waals surface area contributed by atoms with Crippen molar-refractivity contribution in [2.24, 2.45) is 5.92 Å². The van der Waals surface area contributed by atoms with Crippen LogP contribution in [-0.2, 0) is 0 Å². The number of aromatic nitrogens is 1. The van der Waals surface area contributed by atoms with E-state index in [1.807, 2.05) is 6.07 Å². The van der Waals surface area contributed by atoms with Gasteiger partial charge in [-0.05, 0) is 31.4 Å². The molecular formula is C13H18N2S. The lowest BCUT2D eigenvalue weighted by molar-refractivity contribution is 0.539. The molecule has 0 amide bonds. The van der Waals surface area contributed by atoms with Crippen LogP contribution in [0, 0.1) is 5.92 Å². The Morgan fingerprint density at radius 3 is 2.69 bits per heavy atom. The second-order valence-corrected chi connectivity index (χ2v) is 5.69. The molecule has 2 aromatic rings. The van der Waals surface area contributed by atoms with Crippen LogP contribution >= 0.6 is 11.3 Å². The fraction of sp³-hybridized carbons (Fsp3) is 0.462. The van der Waals surface area contributed by atoms with Crippen molar-refractivity contribution in [3.8, 4) is 0 Å². The van der Waals surface area contributed by atoms with Crippen molar-refractivity contribution in [3.63, 3.8) is 0 Å². The lowest BCUT2D eigenvalue weighted by Gasteiger charge is -2.14. The molecule has 2 nitrogen and oxygen atoms in total. The van der Waals surface area contributed by atoms with Gasteiger partial charge >= 0.3 is 0 Å². The zero-order chi connectivity index (χ0) is 11.5. The minimum Gasteiger partial charge on any atom is -0.359 e. The van der Waals surface area contributed by atoms with E-state index in [1.165, 1.54) is 11.1 Å². The molecule has 3 heteroatoms. The van der Waals surface area contributed by atoms with Gasteiger partial charge in [-0.2, -0.15) is 0 Å². The summed E-state index contributed by atoms with van der Waals surface area (Å²) >= 11 is 1.73. The van der Waals surface area contributed by atoms with Crippen LogP contribution in [0.2, 0.25) is 0 Å². The SMILES string of the molecule is CC(C)CC(C)Nc1nc2ccccc2s1. The molecule has 86 valence electrons. The van der Waals surface area contributed by atoms with Gasteiger partial charge in [0.25, 0.3) is 0 Å². The average Bonchev–Trinajstić information content (AvgIpc) is 2.57. The van der Waals surface area contributed by atoms with E-state index in [0.717, 1.165) is 16.6 Å². The van der Waals surface area contributed by atoms with Gasteiger partial charge in [-0.15, -0.1) is 0 Å². The van der Waals surface area contributed by atoms with Crippen LogP contribution in [-0.4, -0.2) is 11.0 Å². The Labute approximate surface area is 101 Å². The molecule has 0 saturated carbocycles. The molecular weight excluding hydrogens is 216 g/mol. The fourth-order valence-electron chi connectivity index (χ4n) is 1.91. The van der Waals surface area contributed by atoms with E-state index in [1.54, 1.807) is 11.3 Å². The van der Waals surface area contributed by atoms with E-state index in [2.05, 4.69) is 49.3 Å². The zero-order valence-corrected chi connectivity index (χ0v) is 10.8. The van der Waals surface area contributed by atoms with E-state index in [4.69, 9.17) is 0 Å². The highest BCUT2D eigenvalue weighted by molar-refractivity contribution is 7.22. The molecule has 1 N–H and O–H groups in total. The van der Waals surface area contributed by atoms with Crippen molar-refractivity contribution in [2.45, 2.75) is 33.2 Å². The molecule has 16 heavy (non-hydrogen) atoms. The second-order valence-electron chi connectivity index (χ2n) is 4.66. The van der Waals surface area contributed by atoms with Crippen molar-refractivity contribution in [1.29, 1.82) is 0 Å². The first kappa shape index (κ1) is 11.4. The van der Waals surface area contributed by atoms with Gasteiger partial charge in [0.2, 0.25) is 0 Å². The number of fused-ring (bicyclic) bond motifs is 1. The fourth-order valence-corrected chi connectivity index (χ4v) is 2.89. The van der Waals surface area contributed by atoms with Crippen LogP contribution < -0.4 is 5.32 Å². The Kier molecular flexibility index (Phi) is 3.44. The lowest BCUT2D eigenvalue weighted by Crippen LogP contribution is -2.17. The first-order valence-electron chi connectivity index (χ1n) is 5.77. The van der Waals surface area contributed by atoms with E-state index < -0.39 is 0 Å². The number of anilines is 1. The normalized spacial score (nSPS) is 13.2. The van der Waals surface area contributed by atoms with Gasteiger partial charge in [-0.25, -0.2) is 4.98 Å². The first-order valence-corrected chi connectivity index (χ1v) is 6.59. The quantitative estimate of drug-likeness (QED) is 0.860. The van der Waals surface area contributed by atoms with Gasteiger partial charge in [0.1, 0.15) is 0 Å². The average molecular weight is 234 g/mol. The summed E-state index contributed by atoms with van der Waals surface area (Å²) in [6, 6.07) is 8.75. The molecule has 0 aliphatic carbocycles. The number of nitrogens with zero attached hydrogens (tertiary/aromatic N) is 1. The molecule has 0 radical (unpaired) electrons. The summed E-state index contributed by atoms with van der Waals surface area (Å²) in [6.07, 6.45) is 1.18. The largest absolute Gasteiger partial charge is 0.359 e. The van der Waals surface area contributed by atoms with Crippen LogP contribution in [0.1, 0.15) is 27.2 Å². The van der Waals surface area contributed by atoms with E-state index in [9.17, 15) is 0 Å². The molecule has 0 aliphatic rings. The molecule has 1 aromatic carbocycles. The predicted octanol–water partition coefficient (Wildman–Crippen LogP) is 4.14. The monoisotopic (exact) mass is 234 g/mol. The molecule has 1 atom stereocenters. The van der Waals surface area contributed by atoms with Crippen LogP contribution in [0.15, 0.2) is 24.3 Å². The molecule has 1 aromatic heterocycles. The van der Waals surface area contributed by atoms with Crippen LogP contribution in [0.25, 0.3) is 10.2 Å². The molecule has 0 spiro atoms. The number of thiazole rings is 1. The van der Waals surface area contributed by atoms with E-state index >= 15 is 0 Å². The van der Waals surface area contributed by atoms with Crippen LogP contribution in [0.5, 0.6) is 0 Å². The highest BCUT2D eigenvalue weighted by Crippen LogP contribution is 2.26. The maximum atomic E-state index is 4.57. The molecule has 1 heterocycles. The summed E-state index contributed by atoms with van der Waals surface area (Å²) < 4.78 is 1.25. The summed E-state index contributed by atoms with van der Waals surface area (Å²) in [5.41, 5.74) is 1.09. The van der Waals surface area contributed by atoms with Gasteiger partial charge in [0.05, 0.1) is 10.2 Å². The number of para-hydroxylation sites is 1.